The second-order valence-corrected chi connectivity index (χ2v) is 8.05. The van der Waals surface area contributed by atoms with Crippen molar-refractivity contribution >= 4 is 17.5 Å². The fraction of sp³-hybridized carbons (Fsp3) is 0.550. The number of aromatic nitrogens is 3. The lowest BCUT2D eigenvalue weighted by Crippen LogP contribution is -2.33. The van der Waals surface area contributed by atoms with Crippen LogP contribution >= 0.6 is 11.6 Å². The van der Waals surface area contributed by atoms with E-state index in [0.717, 1.165) is 44.3 Å². The van der Waals surface area contributed by atoms with Gasteiger partial charge >= 0.3 is 0 Å². The van der Waals surface area contributed by atoms with Crippen molar-refractivity contribution in [2.45, 2.75) is 50.6 Å². The second-order valence-electron chi connectivity index (χ2n) is 7.61. The fourth-order valence-electron chi connectivity index (χ4n) is 4.28. The maximum Gasteiger partial charge on any atom is 0.273 e. The Morgan fingerprint density at radius 3 is 2.56 bits per heavy atom. The third kappa shape index (κ3) is 4.33. The molecule has 1 atom stereocenters. The van der Waals surface area contributed by atoms with Crippen LogP contribution in [-0.2, 0) is 0 Å². The number of piperidine rings is 1. The first kappa shape index (κ1) is 18.4. The molecule has 1 saturated heterocycles. The third-order valence-electron chi connectivity index (χ3n) is 5.81. The van der Waals surface area contributed by atoms with E-state index in [1.165, 1.54) is 12.8 Å². The van der Waals surface area contributed by atoms with E-state index in [9.17, 15) is 4.79 Å². The SMILES string of the molecule is O=C(NC(c1ccc(Cl)cc1)C1CCCC1)c1cn(C2CCNCC2)nn1. The summed E-state index contributed by atoms with van der Waals surface area (Å²) in [6.45, 7) is 1.96. The Labute approximate surface area is 164 Å². The molecule has 1 aromatic carbocycles. The lowest BCUT2D eigenvalue weighted by Gasteiger charge is -2.25. The summed E-state index contributed by atoms with van der Waals surface area (Å²) >= 11 is 6.04. The fourth-order valence-corrected chi connectivity index (χ4v) is 4.41. The summed E-state index contributed by atoms with van der Waals surface area (Å²) in [5.41, 5.74) is 1.50. The number of carbonyl (C=O) groups is 1. The van der Waals surface area contributed by atoms with Gasteiger partial charge in [0.1, 0.15) is 0 Å². The quantitative estimate of drug-likeness (QED) is 0.823. The molecule has 2 N–H and O–H groups in total. The normalized spacial score (nSPS) is 19.9. The van der Waals surface area contributed by atoms with E-state index in [2.05, 4.69) is 20.9 Å². The molecule has 0 spiro atoms. The average molecular weight is 388 g/mol. The van der Waals surface area contributed by atoms with E-state index in [1.807, 2.05) is 28.9 Å². The third-order valence-corrected chi connectivity index (χ3v) is 6.06. The number of nitrogens with zero attached hydrogens (tertiary/aromatic N) is 3. The smallest absolute Gasteiger partial charge is 0.273 e. The minimum Gasteiger partial charge on any atom is -0.344 e. The maximum absolute atomic E-state index is 12.9. The van der Waals surface area contributed by atoms with Gasteiger partial charge in [-0.3, -0.25) is 4.79 Å². The molecule has 4 rings (SSSR count). The lowest BCUT2D eigenvalue weighted by atomic mass is 9.91. The Morgan fingerprint density at radius 1 is 1.15 bits per heavy atom. The molecule has 2 heterocycles. The summed E-state index contributed by atoms with van der Waals surface area (Å²) in [7, 11) is 0. The number of carbonyl (C=O) groups excluding carboxylic acids is 1. The van der Waals surface area contributed by atoms with E-state index < -0.39 is 0 Å². The van der Waals surface area contributed by atoms with E-state index in [1.54, 1.807) is 6.20 Å². The Kier molecular flexibility index (Phi) is 5.74. The molecule has 1 amide bonds. The molecule has 1 aliphatic carbocycles. The van der Waals surface area contributed by atoms with Crippen molar-refractivity contribution in [3.05, 3.63) is 46.7 Å². The van der Waals surface area contributed by atoms with Crippen LogP contribution in [-0.4, -0.2) is 34.0 Å². The van der Waals surface area contributed by atoms with Crippen molar-refractivity contribution in [1.82, 2.24) is 25.6 Å². The van der Waals surface area contributed by atoms with Crippen LogP contribution in [0.3, 0.4) is 0 Å². The van der Waals surface area contributed by atoms with Crippen molar-refractivity contribution < 1.29 is 4.79 Å². The monoisotopic (exact) mass is 387 g/mol. The van der Waals surface area contributed by atoms with Crippen LogP contribution in [0.4, 0.5) is 0 Å². The van der Waals surface area contributed by atoms with Crippen LogP contribution < -0.4 is 10.6 Å². The first-order valence-corrected chi connectivity index (χ1v) is 10.3. The molecular weight excluding hydrogens is 362 g/mol. The molecule has 2 aromatic rings. The first-order chi connectivity index (χ1) is 13.2. The highest BCUT2D eigenvalue weighted by atomic mass is 35.5. The molecular formula is C20H26ClN5O. The average Bonchev–Trinajstić information content (AvgIpc) is 3.40. The van der Waals surface area contributed by atoms with Gasteiger partial charge in [-0.2, -0.15) is 0 Å². The minimum absolute atomic E-state index is 0.0127. The predicted octanol–water partition coefficient (Wildman–Crippen LogP) is 3.52. The molecule has 7 heteroatoms. The molecule has 2 fully saturated rings. The van der Waals surface area contributed by atoms with Crippen LogP contribution in [0.2, 0.25) is 5.02 Å². The van der Waals surface area contributed by atoms with Gasteiger partial charge in [0, 0.05) is 5.02 Å². The summed E-state index contributed by atoms with van der Waals surface area (Å²) in [6.07, 6.45) is 8.52. The van der Waals surface area contributed by atoms with Crippen LogP contribution in [0.1, 0.15) is 66.7 Å². The molecule has 1 saturated carbocycles. The van der Waals surface area contributed by atoms with Gasteiger partial charge in [0.2, 0.25) is 0 Å². The minimum atomic E-state index is -0.151. The van der Waals surface area contributed by atoms with Gasteiger partial charge < -0.3 is 10.6 Å². The van der Waals surface area contributed by atoms with Gasteiger partial charge in [0.05, 0.1) is 18.3 Å². The number of amides is 1. The van der Waals surface area contributed by atoms with Crippen molar-refractivity contribution in [3.8, 4) is 0 Å². The maximum atomic E-state index is 12.9. The Morgan fingerprint density at radius 2 is 1.85 bits per heavy atom. The first-order valence-electron chi connectivity index (χ1n) is 9.89. The zero-order chi connectivity index (χ0) is 18.6. The standard InChI is InChI=1S/C20H26ClN5O/c21-16-7-5-15(6-8-16)19(14-3-1-2-4-14)23-20(27)18-13-26(25-24-18)17-9-11-22-12-10-17/h5-8,13-14,17,19,22H,1-4,9-12H2,(H,23,27). The number of halogens is 1. The second kappa shape index (κ2) is 8.40. The van der Waals surface area contributed by atoms with Crippen LogP contribution in [0.15, 0.2) is 30.5 Å². The largest absolute Gasteiger partial charge is 0.344 e. The summed E-state index contributed by atoms with van der Waals surface area (Å²) in [5.74, 6) is 0.302. The Bertz CT molecular complexity index is 763. The topological polar surface area (TPSA) is 71.8 Å². The number of nitrogens with one attached hydrogen (secondary N) is 2. The summed E-state index contributed by atoms with van der Waals surface area (Å²) in [6, 6.07) is 8.11. The number of benzene rings is 1. The van der Waals surface area contributed by atoms with Crippen molar-refractivity contribution in [2.24, 2.45) is 5.92 Å². The summed E-state index contributed by atoms with van der Waals surface area (Å²) in [4.78, 5) is 12.9. The number of hydrogen-bond donors (Lipinski definition) is 2. The molecule has 0 radical (unpaired) electrons. The van der Waals surface area contributed by atoms with Crippen molar-refractivity contribution in [3.63, 3.8) is 0 Å². The zero-order valence-corrected chi connectivity index (χ0v) is 16.2. The molecule has 0 bridgehead atoms. The van der Waals surface area contributed by atoms with Crippen LogP contribution in [0, 0.1) is 5.92 Å². The highest BCUT2D eigenvalue weighted by molar-refractivity contribution is 6.30. The van der Waals surface area contributed by atoms with E-state index in [-0.39, 0.29) is 11.9 Å². The van der Waals surface area contributed by atoms with Gasteiger partial charge in [0.25, 0.3) is 5.91 Å². The molecule has 6 nitrogen and oxygen atoms in total. The summed E-state index contributed by atoms with van der Waals surface area (Å²) < 4.78 is 1.85. The zero-order valence-electron chi connectivity index (χ0n) is 15.4. The highest BCUT2D eigenvalue weighted by Crippen LogP contribution is 2.36. The van der Waals surface area contributed by atoms with Crippen molar-refractivity contribution in [2.75, 3.05) is 13.1 Å². The van der Waals surface area contributed by atoms with E-state index in [0.29, 0.717) is 22.7 Å². The predicted molar refractivity (Wildman–Crippen MR) is 105 cm³/mol. The lowest BCUT2D eigenvalue weighted by molar-refractivity contribution is 0.0916. The van der Waals surface area contributed by atoms with Gasteiger partial charge in [-0.05, 0) is 62.4 Å². The molecule has 2 aliphatic rings. The highest BCUT2D eigenvalue weighted by Gasteiger charge is 2.29. The van der Waals surface area contributed by atoms with Gasteiger partial charge in [-0.15, -0.1) is 5.10 Å². The molecule has 1 unspecified atom stereocenters. The molecule has 27 heavy (non-hydrogen) atoms. The van der Waals surface area contributed by atoms with E-state index >= 15 is 0 Å². The van der Waals surface area contributed by atoms with Crippen LogP contribution in [0.25, 0.3) is 0 Å². The number of hydrogen-bond acceptors (Lipinski definition) is 4. The van der Waals surface area contributed by atoms with Gasteiger partial charge in [0.15, 0.2) is 5.69 Å². The van der Waals surface area contributed by atoms with Gasteiger partial charge in [-0.25, -0.2) is 4.68 Å². The Hall–Kier alpha value is -1.92. The van der Waals surface area contributed by atoms with Gasteiger partial charge in [-0.1, -0.05) is 41.8 Å². The molecule has 1 aromatic heterocycles. The molecule has 144 valence electrons. The molecule has 1 aliphatic heterocycles. The van der Waals surface area contributed by atoms with Crippen molar-refractivity contribution in [1.29, 1.82) is 0 Å². The van der Waals surface area contributed by atoms with E-state index in [4.69, 9.17) is 11.6 Å². The van der Waals surface area contributed by atoms with Crippen LogP contribution in [0.5, 0.6) is 0 Å². The number of rotatable bonds is 5. The Balaban J connectivity index is 1.49. The summed E-state index contributed by atoms with van der Waals surface area (Å²) in [5, 5.41) is 15.6.